The van der Waals surface area contributed by atoms with Crippen molar-refractivity contribution in [3.8, 4) is 0 Å². The van der Waals surface area contributed by atoms with Crippen LogP contribution in [0.1, 0.15) is 18.2 Å². The van der Waals surface area contributed by atoms with E-state index in [-0.39, 0.29) is 24.0 Å². The number of aryl methyl sites for hydroxylation is 1. The minimum atomic E-state index is -4.18. The molecule has 0 saturated carbocycles. The lowest BCUT2D eigenvalue weighted by molar-refractivity contribution is -0.181. The number of guanidine groups is 1. The Morgan fingerprint density at radius 1 is 1.27 bits per heavy atom. The fraction of sp³-hybridized carbons (Fsp3) is 0.647. The van der Waals surface area contributed by atoms with E-state index in [9.17, 15) is 13.2 Å². The number of piperazine rings is 1. The molecule has 0 amide bonds. The van der Waals surface area contributed by atoms with Gasteiger partial charge in [-0.15, -0.1) is 24.0 Å². The second-order valence-corrected chi connectivity index (χ2v) is 6.27. The molecule has 1 aliphatic heterocycles. The predicted octanol–water partition coefficient (Wildman–Crippen LogP) is 2.69. The van der Waals surface area contributed by atoms with Gasteiger partial charge in [-0.05, 0) is 31.9 Å². The van der Waals surface area contributed by atoms with Crippen LogP contribution in [0.4, 0.5) is 13.2 Å². The zero-order valence-corrected chi connectivity index (χ0v) is 17.7. The molecule has 0 aliphatic carbocycles. The molecule has 1 N–H and O–H groups in total. The van der Waals surface area contributed by atoms with Crippen LogP contribution in [0.3, 0.4) is 0 Å². The number of aliphatic imine (C=N–C) groups is 1. The number of rotatable bonds is 4. The summed E-state index contributed by atoms with van der Waals surface area (Å²) in [6.07, 6.45) is -1.50. The van der Waals surface area contributed by atoms with Crippen LogP contribution >= 0.6 is 24.0 Å². The lowest BCUT2D eigenvalue weighted by Gasteiger charge is -2.39. The van der Waals surface area contributed by atoms with Gasteiger partial charge in [0.2, 0.25) is 0 Å². The molecule has 0 radical (unpaired) electrons. The van der Waals surface area contributed by atoms with Crippen LogP contribution < -0.4 is 5.32 Å². The summed E-state index contributed by atoms with van der Waals surface area (Å²) < 4.78 is 38.4. The highest BCUT2D eigenvalue weighted by Crippen LogP contribution is 2.25. The molecule has 1 aromatic heterocycles. The Bertz CT molecular complexity index is 569. The Morgan fingerprint density at radius 2 is 1.92 bits per heavy atom. The first-order valence-electron chi connectivity index (χ1n) is 8.49. The van der Waals surface area contributed by atoms with Crippen LogP contribution in [-0.4, -0.2) is 72.7 Å². The molecule has 148 valence electrons. The van der Waals surface area contributed by atoms with Gasteiger partial charge in [0.15, 0.2) is 5.96 Å². The van der Waals surface area contributed by atoms with Gasteiger partial charge in [-0.2, -0.15) is 13.2 Å². The summed E-state index contributed by atoms with van der Waals surface area (Å²) in [4.78, 5) is 12.0. The fourth-order valence-corrected chi connectivity index (χ4v) is 2.83. The molecule has 0 spiro atoms. The standard InChI is InChI=1S/C17H26F3N5.HI/c1-13-4-5-15(12-23-13)6-7-22-16(21-3)25-10-8-24(9-11-25)14(2)17(18,19)20;/h4-5,12,14H,6-11H2,1-3H3,(H,21,22);1H. The summed E-state index contributed by atoms with van der Waals surface area (Å²) in [5.41, 5.74) is 2.12. The molecule has 5 nitrogen and oxygen atoms in total. The molecule has 1 fully saturated rings. The van der Waals surface area contributed by atoms with Crippen molar-refractivity contribution < 1.29 is 13.2 Å². The van der Waals surface area contributed by atoms with Crippen LogP contribution in [0.2, 0.25) is 0 Å². The highest BCUT2D eigenvalue weighted by molar-refractivity contribution is 14.0. The summed E-state index contributed by atoms with van der Waals surface area (Å²) in [5.74, 6) is 0.736. The number of aromatic nitrogens is 1. The molecule has 1 saturated heterocycles. The molecule has 2 rings (SSSR count). The molecule has 0 bridgehead atoms. The number of nitrogens with one attached hydrogen (secondary N) is 1. The van der Waals surface area contributed by atoms with E-state index >= 15 is 0 Å². The molecule has 1 unspecified atom stereocenters. The van der Waals surface area contributed by atoms with E-state index in [1.54, 1.807) is 7.05 Å². The van der Waals surface area contributed by atoms with Crippen molar-refractivity contribution in [3.05, 3.63) is 29.6 Å². The maximum absolute atomic E-state index is 12.8. The van der Waals surface area contributed by atoms with Gasteiger partial charge < -0.3 is 10.2 Å². The summed E-state index contributed by atoms with van der Waals surface area (Å²) in [7, 11) is 1.69. The van der Waals surface area contributed by atoms with E-state index in [2.05, 4.69) is 15.3 Å². The zero-order chi connectivity index (χ0) is 18.4. The van der Waals surface area contributed by atoms with Crippen molar-refractivity contribution in [2.45, 2.75) is 32.5 Å². The highest BCUT2D eigenvalue weighted by Gasteiger charge is 2.41. The summed E-state index contributed by atoms with van der Waals surface area (Å²) in [5, 5.41) is 3.28. The maximum Gasteiger partial charge on any atom is 0.403 e. The lowest BCUT2D eigenvalue weighted by atomic mass is 10.2. The van der Waals surface area contributed by atoms with Gasteiger partial charge in [-0.3, -0.25) is 14.9 Å². The largest absolute Gasteiger partial charge is 0.403 e. The normalized spacial score (nSPS) is 17.6. The Balaban J connectivity index is 0.00000338. The molecular formula is C17H27F3IN5. The minimum absolute atomic E-state index is 0. The third-order valence-corrected chi connectivity index (χ3v) is 4.52. The van der Waals surface area contributed by atoms with Gasteiger partial charge in [0.25, 0.3) is 0 Å². The highest BCUT2D eigenvalue weighted by atomic mass is 127. The summed E-state index contributed by atoms with van der Waals surface area (Å²) >= 11 is 0. The maximum atomic E-state index is 12.8. The predicted molar refractivity (Wildman–Crippen MR) is 108 cm³/mol. The third-order valence-electron chi connectivity index (χ3n) is 4.52. The molecule has 26 heavy (non-hydrogen) atoms. The number of nitrogens with zero attached hydrogens (tertiary/aromatic N) is 4. The van der Waals surface area contributed by atoms with Gasteiger partial charge in [-0.25, -0.2) is 0 Å². The monoisotopic (exact) mass is 485 g/mol. The van der Waals surface area contributed by atoms with Gasteiger partial charge in [-0.1, -0.05) is 6.07 Å². The quantitative estimate of drug-likeness (QED) is 0.405. The first-order valence-corrected chi connectivity index (χ1v) is 8.49. The van der Waals surface area contributed by atoms with E-state index in [1.807, 2.05) is 30.2 Å². The number of hydrogen-bond donors (Lipinski definition) is 1. The fourth-order valence-electron chi connectivity index (χ4n) is 2.83. The molecular weight excluding hydrogens is 458 g/mol. The van der Waals surface area contributed by atoms with E-state index < -0.39 is 12.2 Å². The van der Waals surface area contributed by atoms with Crippen molar-refractivity contribution in [1.29, 1.82) is 0 Å². The van der Waals surface area contributed by atoms with Gasteiger partial charge in [0.05, 0.1) is 0 Å². The van der Waals surface area contributed by atoms with Crippen LogP contribution in [0.15, 0.2) is 23.3 Å². The SMILES string of the molecule is CN=C(NCCc1ccc(C)nc1)N1CCN(C(C)C(F)(F)F)CC1.I. The Kier molecular flexibility index (Phi) is 9.08. The Labute approximate surface area is 170 Å². The van der Waals surface area contributed by atoms with Crippen LogP contribution in [0.25, 0.3) is 0 Å². The van der Waals surface area contributed by atoms with Gasteiger partial charge in [0.1, 0.15) is 6.04 Å². The van der Waals surface area contributed by atoms with E-state index in [0.717, 1.165) is 23.6 Å². The van der Waals surface area contributed by atoms with Crippen molar-refractivity contribution >= 4 is 29.9 Å². The number of pyridine rings is 1. The minimum Gasteiger partial charge on any atom is -0.356 e. The smallest absolute Gasteiger partial charge is 0.356 e. The lowest BCUT2D eigenvalue weighted by Crippen LogP contribution is -2.56. The Morgan fingerprint density at radius 3 is 2.42 bits per heavy atom. The van der Waals surface area contributed by atoms with Crippen molar-refractivity contribution in [2.75, 3.05) is 39.8 Å². The molecule has 1 aliphatic rings. The summed E-state index contributed by atoms with van der Waals surface area (Å²) in [6, 6.07) is 2.62. The third kappa shape index (κ3) is 6.57. The van der Waals surface area contributed by atoms with Crippen molar-refractivity contribution in [3.63, 3.8) is 0 Å². The van der Waals surface area contributed by atoms with Crippen LogP contribution in [-0.2, 0) is 6.42 Å². The van der Waals surface area contributed by atoms with E-state index in [4.69, 9.17) is 0 Å². The average molecular weight is 485 g/mol. The second-order valence-electron chi connectivity index (χ2n) is 6.27. The van der Waals surface area contributed by atoms with Crippen LogP contribution in [0, 0.1) is 6.92 Å². The first kappa shape index (κ1) is 22.9. The average Bonchev–Trinajstić information content (AvgIpc) is 2.59. The molecule has 1 aromatic rings. The first-order chi connectivity index (χ1) is 11.8. The molecule has 0 aromatic carbocycles. The summed E-state index contributed by atoms with van der Waals surface area (Å²) in [6.45, 7) is 5.70. The Hall–Kier alpha value is -1.10. The van der Waals surface area contributed by atoms with Gasteiger partial charge in [0, 0.05) is 51.7 Å². The topological polar surface area (TPSA) is 43.8 Å². The number of halogens is 4. The van der Waals surface area contributed by atoms with Crippen LogP contribution in [0.5, 0.6) is 0 Å². The van der Waals surface area contributed by atoms with Crippen molar-refractivity contribution in [1.82, 2.24) is 20.1 Å². The zero-order valence-electron chi connectivity index (χ0n) is 15.4. The molecule has 1 atom stereocenters. The molecule has 2 heterocycles. The number of alkyl halides is 3. The van der Waals surface area contributed by atoms with E-state index in [0.29, 0.717) is 32.7 Å². The van der Waals surface area contributed by atoms with Crippen molar-refractivity contribution in [2.24, 2.45) is 4.99 Å². The molecule has 9 heteroatoms. The second kappa shape index (κ2) is 10.3. The van der Waals surface area contributed by atoms with Gasteiger partial charge >= 0.3 is 6.18 Å². The van der Waals surface area contributed by atoms with E-state index in [1.165, 1.54) is 11.8 Å². The number of hydrogen-bond acceptors (Lipinski definition) is 3.